The van der Waals surface area contributed by atoms with Gasteiger partial charge in [0.2, 0.25) is 0 Å². The average Bonchev–Trinajstić information content (AvgIpc) is 3.05. The Labute approximate surface area is 166 Å². The summed E-state index contributed by atoms with van der Waals surface area (Å²) in [5.41, 5.74) is 2.49. The van der Waals surface area contributed by atoms with Crippen molar-refractivity contribution >= 4 is 46.1 Å². The number of aromatic nitrogens is 1. The van der Waals surface area contributed by atoms with Gasteiger partial charge in [-0.3, -0.25) is 4.79 Å². The Hall–Kier alpha value is -1.92. The summed E-state index contributed by atoms with van der Waals surface area (Å²) in [5.74, 6) is -0.0860. The normalized spacial score (nSPS) is 12.0. The number of thiazole rings is 1. The molecule has 1 unspecified atom stereocenters. The molecule has 134 valence electrons. The fourth-order valence-corrected chi connectivity index (χ4v) is 3.87. The molecule has 1 amide bonds. The number of para-hydroxylation sites is 1. The first-order chi connectivity index (χ1) is 12.5. The maximum Gasteiger partial charge on any atom is 0.279 e. The van der Waals surface area contributed by atoms with Crippen molar-refractivity contribution in [2.75, 3.05) is 18.9 Å². The van der Waals surface area contributed by atoms with Gasteiger partial charge in [0.15, 0.2) is 6.54 Å². The van der Waals surface area contributed by atoms with E-state index in [4.69, 9.17) is 23.2 Å². The molecule has 2 N–H and O–H groups in total. The summed E-state index contributed by atoms with van der Waals surface area (Å²) in [7, 11) is 1.96. The van der Waals surface area contributed by atoms with Crippen LogP contribution in [0.1, 0.15) is 5.69 Å². The number of quaternary nitrogens is 1. The smallest absolute Gasteiger partial charge is 0.279 e. The number of nitrogens with one attached hydrogen (secondary N) is 2. The molecule has 0 aliphatic heterocycles. The van der Waals surface area contributed by atoms with Crippen LogP contribution in [-0.2, 0) is 11.3 Å². The zero-order chi connectivity index (χ0) is 18.5. The molecule has 0 radical (unpaired) electrons. The van der Waals surface area contributed by atoms with E-state index in [1.165, 1.54) is 0 Å². The lowest BCUT2D eigenvalue weighted by atomic mass is 10.2. The van der Waals surface area contributed by atoms with Crippen molar-refractivity contribution in [1.82, 2.24) is 4.98 Å². The third kappa shape index (κ3) is 4.83. The van der Waals surface area contributed by atoms with Crippen molar-refractivity contribution in [2.45, 2.75) is 6.54 Å². The highest BCUT2D eigenvalue weighted by molar-refractivity contribution is 7.13. The highest BCUT2D eigenvalue weighted by atomic mass is 35.5. The molecule has 1 aromatic heterocycles. The number of benzene rings is 2. The van der Waals surface area contributed by atoms with Crippen LogP contribution in [0, 0.1) is 0 Å². The lowest BCUT2D eigenvalue weighted by molar-refractivity contribution is -0.885. The Morgan fingerprint density at radius 3 is 2.54 bits per heavy atom. The van der Waals surface area contributed by atoms with Crippen molar-refractivity contribution in [1.29, 1.82) is 0 Å². The lowest BCUT2D eigenvalue weighted by Gasteiger charge is -2.13. The van der Waals surface area contributed by atoms with E-state index in [9.17, 15) is 4.79 Å². The summed E-state index contributed by atoms with van der Waals surface area (Å²) >= 11 is 13.9. The van der Waals surface area contributed by atoms with E-state index in [2.05, 4.69) is 10.3 Å². The van der Waals surface area contributed by atoms with Crippen LogP contribution in [0.2, 0.25) is 10.0 Å². The fourth-order valence-electron chi connectivity index (χ4n) is 2.55. The minimum absolute atomic E-state index is 0.0860. The number of likely N-dealkylation sites (N-methyl/N-ethyl adjacent to an activating group) is 1. The summed E-state index contributed by atoms with van der Waals surface area (Å²) in [6.45, 7) is 0.973. The monoisotopic (exact) mass is 406 g/mol. The Morgan fingerprint density at radius 1 is 1.12 bits per heavy atom. The number of hydrogen-bond acceptors (Lipinski definition) is 3. The molecule has 1 atom stereocenters. The van der Waals surface area contributed by atoms with Gasteiger partial charge in [-0.15, -0.1) is 11.3 Å². The van der Waals surface area contributed by atoms with E-state index in [1.807, 2.05) is 48.8 Å². The van der Waals surface area contributed by atoms with Crippen LogP contribution in [0.4, 0.5) is 5.69 Å². The van der Waals surface area contributed by atoms with E-state index >= 15 is 0 Å². The molecular weight excluding hydrogens is 389 g/mol. The zero-order valence-electron chi connectivity index (χ0n) is 14.1. The SMILES string of the molecule is C[NH+](CC(=O)Nc1ccccc1Cl)Cc1csc(-c2ccccc2Cl)n1. The van der Waals surface area contributed by atoms with Gasteiger partial charge in [-0.1, -0.05) is 53.5 Å². The Balaban J connectivity index is 1.59. The van der Waals surface area contributed by atoms with Crippen LogP contribution in [0.25, 0.3) is 10.6 Å². The third-order valence-electron chi connectivity index (χ3n) is 3.75. The Morgan fingerprint density at radius 2 is 1.81 bits per heavy atom. The molecule has 4 nitrogen and oxygen atoms in total. The minimum atomic E-state index is -0.0860. The molecule has 26 heavy (non-hydrogen) atoms. The van der Waals surface area contributed by atoms with Crippen LogP contribution < -0.4 is 10.2 Å². The average molecular weight is 407 g/mol. The number of nitrogens with zero attached hydrogens (tertiary/aromatic N) is 1. The molecule has 0 saturated carbocycles. The van der Waals surface area contributed by atoms with Gasteiger partial charge in [0.1, 0.15) is 17.2 Å². The van der Waals surface area contributed by atoms with Crippen molar-refractivity contribution in [3.63, 3.8) is 0 Å². The van der Waals surface area contributed by atoms with E-state index in [0.29, 0.717) is 28.8 Å². The number of hydrogen-bond donors (Lipinski definition) is 2. The van der Waals surface area contributed by atoms with E-state index in [0.717, 1.165) is 21.2 Å². The number of anilines is 1. The molecule has 0 bridgehead atoms. The summed E-state index contributed by atoms with van der Waals surface area (Å²) in [6, 6.07) is 14.9. The summed E-state index contributed by atoms with van der Waals surface area (Å²) in [6.07, 6.45) is 0. The van der Waals surface area contributed by atoms with E-state index in [-0.39, 0.29) is 5.91 Å². The quantitative estimate of drug-likeness (QED) is 0.654. The maximum atomic E-state index is 12.2. The topological polar surface area (TPSA) is 46.4 Å². The van der Waals surface area contributed by atoms with Gasteiger partial charge in [0, 0.05) is 10.9 Å². The molecule has 3 aromatic rings. The molecular formula is C19H18Cl2N3OS+. The number of rotatable bonds is 6. The largest absolute Gasteiger partial charge is 0.325 e. The van der Waals surface area contributed by atoms with Crippen molar-refractivity contribution in [3.8, 4) is 10.6 Å². The third-order valence-corrected chi connectivity index (χ3v) is 5.33. The van der Waals surface area contributed by atoms with Crippen molar-refractivity contribution < 1.29 is 9.69 Å². The molecule has 3 rings (SSSR count). The maximum absolute atomic E-state index is 12.2. The van der Waals surface area contributed by atoms with Gasteiger partial charge in [-0.2, -0.15) is 0 Å². The second-order valence-electron chi connectivity index (χ2n) is 5.96. The summed E-state index contributed by atoms with van der Waals surface area (Å²) < 4.78 is 0. The lowest BCUT2D eigenvalue weighted by Crippen LogP contribution is -3.08. The molecule has 0 aliphatic rings. The van der Waals surface area contributed by atoms with Gasteiger partial charge in [-0.05, 0) is 18.2 Å². The summed E-state index contributed by atoms with van der Waals surface area (Å²) in [5, 5.41) is 6.95. The fraction of sp³-hybridized carbons (Fsp3) is 0.158. The highest BCUT2D eigenvalue weighted by Crippen LogP contribution is 2.29. The predicted molar refractivity (Wildman–Crippen MR) is 108 cm³/mol. The standard InChI is InChI=1S/C19H17Cl2N3OS/c1-24(11-18(25)23-17-9-5-4-8-16(17)21)10-13-12-26-19(22-13)14-6-2-3-7-15(14)20/h2-9,12H,10-11H2,1H3,(H,23,25)/p+1. The first kappa shape index (κ1) is 18.9. The van der Waals surface area contributed by atoms with Crippen molar-refractivity contribution in [3.05, 3.63) is 69.7 Å². The zero-order valence-corrected chi connectivity index (χ0v) is 16.5. The molecule has 2 aromatic carbocycles. The van der Waals surface area contributed by atoms with Gasteiger partial charge < -0.3 is 10.2 Å². The van der Waals surface area contributed by atoms with E-state index in [1.54, 1.807) is 23.5 Å². The van der Waals surface area contributed by atoms with Crippen LogP contribution in [0.5, 0.6) is 0 Å². The van der Waals surface area contributed by atoms with E-state index < -0.39 is 0 Å². The van der Waals surface area contributed by atoms with Crippen LogP contribution in [-0.4, -0.2) is 24.5 Å². The summed E-state index contributed by atoms with van der Waals surface area (Å²) in [4.78, 5) is 17.9. The predicted octanol–water partition coefficient (Wildman–Crippen LogP) is 3.77. The first-order valence-electron chi connectivity index (χ1n) is 8.08. The highest BCUT2D eigenvalue weighted by Gasteiger charge is 2.15. The number of amides is 1. The Bertz CT molecular complexity index is 913. The Kier molecular flexibility index (Phi) is 6.27. The van der Waals surface area contributed by atoms with Crippen molar-refractivity contribution in [2.24, 2.45) is 0 Å². The van der Waals surface area contributed by atoms with Gasteiger partial charge in [-0.25, -0.2) is 4.98 Å². The number of carbonyl (C=O) groups excluding carboxylic acids is 1. The minimum Gasteiger partial charge on any atom is -0.325 e. The van der Waals surface area contributed by atoms with Crippen LogP contribution >= 0.6 is 34.5 Å². The van der Waals surface area contributed by atoms with Gasteiger partial charge >= 0.3 is 0 Å². The second kappa shape index (κ2) is 8.64. The van der Waals surface area contributed by atoms with Crippen LogP contribution in [0.15, 0.2) is 53.9 Å². The molecule has 0 aliphatic carbocycles. The molecule has 7 heteroatoms. The molecule has 1 heterocycles. The molecule has 0 spiro atoms. The van der Waals surface area contributed by atoms with Gasteiger partial charge in [0.05, 0.1) is 22.8 Å². The molecule has 0 saturated heterocycles. The van der Waals surface area contributed by atoms with Gasteiger partial charge in [0.25, 0.3) is 5.91 Å². The molecule has 0 fully saturated rings. The van der Waals surface area contributed by atoms with Crippen LogP contribution in [0.3, 0.4) is 0 Å². The number of halogens is 2. The number of carbonyl (C=O) groups is 1. The first-order valence-corrected chi connectivity index (χ1v) is 9.71. The second-order valence-corrected chi connectivity index (χ2v) is 7.64.